The van der Waals surface area contributed by atoms with Gasteiger partial charge in [-0.05, 0) is 89.1 Å². The predicted molar refractivity (Wildman–Crippen MR) is 125 cm³/mol. The summed E-state index contributed by atoms with van der Waals surface area (Å²) in [4.78, 5) is 24.8. The van der Waals surface area contributed by atoms with Crippen molar-refractivity contribution in [3.05, 3.63) is 35.6 Å². The molecule has 0 unspecified atom stereocenters. The van der Waals surface area contributed by atoms with Crippen molar-refractivity contribution in [3.8, 4) is 0 Å². The average Bonchev–Trinajstić information content (AvgIpc) is 3.22. The number of hydrogen-bond donors (Lipinski definition) is 3. The fourth-order valence-electron chi connectivity index (χ4n) is 5.74. The van der Waals surface area contributed by atoms with E-state index in [0.717, 1.165) is 50.8 Å². The maximum Gasteiger partial charge on any atom is 0.407 e. The minimum absolute atomic E-state index is 0.0106. The molecule has 2 aliphatic rings. The lowest BCUT2D eigenvalue weighted by molar-refractivity contribution is 0.0457. The van der Waals surface area contributed by atoms with E-state index >= 15 is 0 Å². The van der Waals surface area contributed by atoms with Crippen molar-refractivity contribution in [1.29, 1.82) is 0 Å². The van der Waals surface area contributed by atoms with Gasteiger partial charge in [0.25, 0.3) is 0 Å². The van der Waals surface area contributed by atoms with Crippen LogP contribution in [0.3, 0.4) is 0 Å². The van der Waals surface area contributed by atoms with Crippen LogP contribution in [0.4, 0.5) is 14.0 Å². The summed E-state index contributed by atoms with van der Waals surface area (Å²) in [6.07, 6.45) is 3.45. The van der Waals surface area contributed by atoms with Gasteiger partial charge in [0.2, 0.25) is 0 Å². The number of methoxy groups -OCH3 is 1. The Hall–Kier alpha value is -2.35. The average molecular weight is 464 g/mol. The number of rotatable bonds is 6. The van der Waals surface area contributed by atoms with Gasteiger partial charge in [-0.1, -0.05) is 18.6 Å². The zero-order chi connectivity index (χ0) is 24.1. The Morgan fingerprint density at radius 2 is 1.85 bits per heavy atom. The van der Waals surface area contributed by atoms with Gasteiger partial charge in [0.1, 0.15) is 11.4 Å². The molecular weight excluding hydrogens is 425 g/mol. The molecule has 1 saturated heterocycles. The Balaban J connectivity index is 2.04. The molecule has 0 aromatic heterocycles. The van der Waals surface area contributed by atoms with Crippen molar-refractivity contribution in [2.75, 3.05) is 26.7 Å². The molecule has 0 radical (unpaired) electrons. The highest BCUT2D eigenvalue weighted by molar-refractivity contribution is 5.68. The molecule has 1 aliphatic carbocycles. The molecule has 184 valence electrons. The van der Waals surface area contributed by atoms with E-state index in [1.807, 2.05) is 26.8 Å². The molecule has 0 spiro atoms. The second-order valence-electron chi connectivity index (χ2n) is 10.2. The van der Waals surface area contributed by atoms with Gasteiger partial charge in [-0.15, -0.1) is 0 Å². The lowest BCUT2D eigenvalue weighted by Gasteiger charge is -2.49. The molecule has 3 N–H and O–H groups in total. The number of amides is 2. The van der Waals surface area contributed by atoms with Crippen LogP contribution >= 0.6 is 0 Å². The second kappa shape index (κ2) is 10.7. The number of benzene rings is 1. The first-order valence-corrected chi connectivity index (χ1v) is 11.9. The minimum Gasteiger partial charge on any atom is -0.453 e. The monoisotopic (exact) mass is 463 g/mol. The SMILES string of the molecule is COC(=O)N[C@H]1CCC[C@@H]1[C@](CNC(=O)OC(C)(C)C)(c1cccc(F)c1)C1CCNCC1. The van der Waals surface area contributed by atoms with Gasteiger partial charge in [-0.2, -0.15) is 0 Å². The summed E-state index contributed by atoms with van der Waals surface area (Å²) < 4.78 is 24.9. The standard InChI is InChI=1S/C25H38FN3O4/c1-24(2,3)33-22(30)28-16-25(17-11-13-27-14-12-17,18-7-5-8-19(26)15-18)20-9-6-10-21(20)29-23(31)32-4/h5,7-8,15,17,20-21,27H,6,9-14,16H2,1-4H3,(H,28,30)(H,29,31)/t20-,21-,25-/m0/s1. The summed E-state index contributed by atoms with van der Waals surface area (Å²) >= 11 is 0. The number of ether oxygens (including phenoxy) is 2. The highest BCUT2D eigenvalue weighted by Crippen LogP contribution is 2.49. The third-order valence-corrected chi connectivity index (χ3v) is 7.02. The van der Waals surface area contributed by atoms with Gasteiger partial charge < -0.3 is 25.4 Å². The van der Waals surface area contributed by atoms with Crippen LogP contribution in [0.5, 0.6) is 0 Å². The Bertz CT molecular complexity index is 822. The molecule has 2 fully saturated rings. The molecule has 33 heavy (non-hydrogen) atoms. The maximum absolute atomic E-state index is 14.5. The van der Waals surface area contributed by atoms with E-state index in [-0.39, 0.29) is 23.7 Å². The van der Waals surface area contributed by atoms with Crippen LogP contribution in [0.25, 0.3) is 0 Å². The third kappa shape index (κ3) is 6.16. The summed E-state index contributed by atoms with van der Waals surface area (Å²) in [5, 5.41) is 9.44. The summed E-state index contributed by atoms with van der Waals surface area (Å²) in [5.41, 5.74) is -0.333. The van der Waals surface area contributed by atoms with Crippen LogP contribution in [0.1, 0.15) is 58.4 Å². The summed E-state index contributed by atoms with van der Waals surface area (Å²) in [7, 11) is 1.36. The predicted octanol–water partition coefficient (Wildman–Crippen LogP) is 4.11. The molecule has 1 aromatic rings. The van der Waals surface area contributed by atoms with Gasteiger partial charge in [-0.3, -0.25) is 0 Å². The second-order valence-corrected chi connectivity index (χ2v) is 10.2. The quantitative estimate of drug-likeness (QED) is 0.591. The molecule has 0 bridgehead atoms. The number of piperidine rings is 1. The van der Waals surface area contributed by atoms with Gasteiger partial charge in [0.15, 0.2) is 0 Å². The minimum atomic E-state index is -0.622. The normalized spacial score (nSPS) is 23.4. The van der Waals surface area contributed by atoms with Crippen LogP contribution in [0, 0.1) is 17.7 Å². The lowest BCUT2D eigenvalue weighted by atomic mass is 9.58. The number of alkyl carbamates (subject to hydrolysis) is 2. The molecule has 1 aliphatic heterocycles. The molecular formula is C25H38FN3O4. The summed E-state index contributed by atoms with van der Waals surface area (Å²) in [6, 6.07) is 6.58. The highest BCUT2D eigenvalue weighted by atomic mass is 19.1. The van der Waals surface area contributed by atoms with E-state index in [4.69, 9.17) is 9.47 Å². The van der Waals surface area contributed by atoms with Gasteiger partial charge in [0, 0.05) is 18.0 Å². The Morgan fingerprint density at radius 1 is 1.12 bits per heavy atom. The number of hydrogen-bond acceptors (Lipinski definition) is 5. The number of halogens is 1. The smallest absolute Gasteiger partial charge is 0.407 e. The van der Waals surface area contributed by atoms with Crippen LogP contribution in [0.15, 0.2) is 24.3 Å². The van der Waals surface area contributed by atoms with Crippen molar-refractivity contribution in [2.45, 2.75) is 69.9 Å². The fraction of sp³-hybridized carbons (Fsp3) is 0.680. The summed E-state index contributed by atoms with van der Waals surface area (Å²) in [5.74, 6) is -0.101. The molecule has 1 saturated carbocycles. The van der Waals surface area contributed by atoms with Crippen LogP contribution in [-0.2, 0) is 14.9 Å². The zero-order valence-corrected chi connectivity index (χ0v) is 20.2. The number of carbonyl (C=O) groups is 2. The van der Waals surface area contributed by atoms with Gasteiger partial charge >= 0.3 is 12.2 Å². The van der Waals surface area contributed by atoms with E-state index in [0.29, 0.717) is 6.54 Å². The largest absolute Gasteiger partial charge is 0.453 e. The highest BCUT2D eigenvalue weighted by Gasteiger charge is 2.51. The first-order valence-electron chi connectivity index (χ1n) is 11.9. The van der Waals surface area contributed by atoms with E-state index in [1.165, 1.54) is 13.2 Å². The molecule has 8 heteroatoms. The Kier molecular flexibility index (Phi) is 8.21. The Morgan fingerprint density at radius 3 is 2.48 bits per heavy atom. The topological polar surface area (TPSA) is 88.7 Å². The van der Waals surface area contributed by atoms with E-state index < -0.39 is 23.2 Å². The molecule has 2 amide bonds. The number of carbonyl (C=O) groups excluding carboxylic acids is 2. The van der Waals surface area contributed by atoms with Crippen molar-refractivity contribution >= 4 is 12.2 Å². The molecule has 1 aromatic carbocycles. The third-order valence-electron chi connectivity index (χ3n) is 7.02. The van der Waals surface area contributed by atoms with E-state index in [9.17, 15) is 14.0 Å². The maximum atomic E-state index is 14.5. The molecule has 3 atom stereocenters. The number of nitrogens with one attached hydrogen (secondary N) is 3. The van der Waals surface area contributed by atoms with Crippen molar-refractivity contribution in [1.82, 2.24) is 16.0 Å². The van der Waals surface area contributed by atoms with Gasteiger partial charge in [0.05, 0.1) is 7.11 Å². The molecule has 3 rings (SSSR count). The van der Waals surface area contributed by atoms with E-state index in [2.05, 4.69) is 16.0 Å². The van der Waals surface area contributed by atoms with Crippen molar-refractivity contribution < 1.29 is 23.5 Å². The van der Waals surface area contributed by atoms with Crippen molar-refractivity contribution in [3.63, 3.8) is 0 Å². The van der Waals surface area contributed by atoms with Crippen LogP contribution in [-0.4, -0.2) is 50.6 Å². The van der Waals surface area contributed by atoms with Crippen LogP contribution < -0.4 is 16.0 Å². The summed E-state index contributed by atoms with van der Waals surface area (Å²) in [6.45, 7) is 7.50. The van der Waals surface area contributed by atoms with Crippen molar-refractivity contribution in [2.24, 2.45) is 11.8 Å². The lowest BCUT2D eigenvalue weighted by Crippen LogP contribution is -2.57. The fourth-order valence-corrected chi connectivity index (χ4v) is 5.74. The molecule has 7 nitrogen and oxygen atoms in total. The molecule has 1 heterocycles. The zero-order valence-electron chi connectivity index (χ0n) is 20.2. The first kappa shape index (κ1) is 25.3. The van der Waals surface area contributed by atoms with Gasteiger partial charge in [-0.25, -0.2) is 14.0 Å². The Labute approximate surface area is 196 Å². The van der Waals surface area contributed by atoms with Crippen LogP contribution in [0.2, 0.25) is 0 Å². The van der Waals surface area contributed by atoms with E-state index in [1.54, 1.807) is 12.1 Å². The first-order chi connectivity index (χ1) is 15.7.